The van der Waals surface area contributed by atoms with Crippen LogP contribution in [0.25, 0.3) is 0 Å². The molecule has 0 spiro atoms. The molecule has 2 amide bonds. The van der Waals surface area contributed by atoms with E-state index in [9.17, 15) is 14.4 Å². The van der Waals surface area contributed by atoms with Gasteiger partial charge in [-0.3, -0.25) is 4.79 Å². The van der Waals surface area contributed by atoms with Crippen LogP contribution in [-0.2, 0) is 15.9 Å². The number of rotatable bonds is 1. The predicted molar refractivity (Wildman–Crippen MR) is 100 cm³/mol. The standard InChI is InChI=1S/C20H27FN2O5/c1-18(2,3)27-16(25)22-23(17(26)28-19(4,5)6)20(21)12-11-13-9-7-8-10-14(13)15(20)24/h7-10H,11-12H2,1-6H3,(H,22,25)/t20-/m1/s1. The van der Waals surface area contributed by atoms with Crippen LogP contribution in [0.1, 0.15) is 63.9 Å². The van der Waals surface area contributed by atoms with Gasteiger partial charge in [-0.05, 0) is 53.5 Å². The van der Waals surface area contributed by atoms with Crippen LogP contribution in [0.5, 0.6) is 0 Å². The van der Waals surface area contributed by atoms with Crippen molar-refractivity contribution in [2.45, 2.75) is 71.4 Å². The van der Waals surface area contributed by atoms with Gasteiger partial charge in [-0.2, -0.15) is 5.01 Å². The fourth-order valence-electron chi connectivity index (χ4n) is 2.77. The summed E-state index contributed by atoms with van der Waals surface area (Å²) < 4.78 is 26.3. The van der Waals surface area contributed by atoms with Gasteiger partial charge in [0.2, 0.25) is 5.78 Å². The summed E-state index contributed by atoms with van der Waals surface area (Å²) >= 11 is 0. The Hall–Kier alpha value is -2.64. The number of nitrogens with one attached hydrogen (secondary N) is 1. The third kappa shape index (κ3) is 4.99. The van der Waals surface area contributed by atoms with Crippen molar-refractivity contribution in [2.75, 3.05) is 0 Å². The van der Waals surface area contributed by atoms with Crippen LogP contribution < -0.4 is 5.43 Å². The lowest BCUT2D eigenvalue weighted by Crippen LogP contribution is -2.63. The molecule has 0 aliphatic heterocycles. The zero-order valence-electron chi connectivity index (χ0n) is 17.1. The van der Waals surface area contributed by atoms with Crippen molar-refractivity contribution in [1.29, 1.82) is 0 Å². The Morgan fingerprint density at radius 2 is 1.64 bits per heavy atom. The topological polar surface area (TPSA) is 84.9 Å². The molecule has 0 bridgehead atoms. The molecule has 1 aliphatic rings. The van der Waals surface area contributed by atoms with Crippen molar-refractivity contribution < 1.29 is 28.2 Å². The fraction of sp³-hybridized carbons (Fsp3) is 0.550. The van der Waals surface area contributed by atoms with Crippen LogP contribution in [0, 0.1) is 0 Å². The molecule has 0 fully saturated rings. The number of halogens is 1. The van der Waals surface area contributed by atoms with Gasteiger partial charge < -0.3 is 9.47 Å². The highest BCUT2D eigenvalue weighted by Gasteiger charge is 2.52. The number of carbonyl (C=O) groups excluding carboxylic acids is 3. The van der Waals surface area contributed by atoms with E-state index in [0.717, 1.165) is 0 Å². The number of aryl methyl sites for hydroxylation is 1. The van der Waals surface area contributed by atoms with Gasteiger partial charge in [0.25, 0.3) is 5.79 Å². The first kappa shape index (κ1) is 21.7. The number of Topliss-reactive ketones (excluding diaryl/α,β-unsaturated/α-hetero) is 1. The second-order valence-corrected chi connectivity index (χ2v) is 8.68. The van der Waals surface area contributed by atoms with Crippen molar-refractivity contribution in [1.82, 2.24) is 10.4 Å². The van der Waals surface area contributed by atoms with E-state index in [1.165, 1.54) is 6.07 Å². The molecule has 0 radical (unpaired) electrons. The number of hydrogen-bond acceptors (Lipinski definition) is 5. The zero-order chi connectivity index (χ0) is 21.3. The third-order valence-electron chi connectivity index (χ3n) is 3.87. The number of carbonyl (C=O) groups is 3. The number of alkyl halides is 1. The molecule has 1 N–H and O–H groups in total. The minimum absolute atomic E-state index is 0.163. The molecule has 8 heteroatoms. The summed E-state index contributed by atoms with van der Waals surface area (Å²) in [5.74, 6) is -3.72. The minimum atomic E-state index is -2.80. The number of amides is 2. The third-order valence-corrected chi connectivity index (χ3v) is 3.87. The number of ketones is 1. The molecule has 0 heterocycles. The largest absolute Gasteiger partial charge is 0.443 e. The maximum atomic E-state index is 15.9. The lowest BCUT2D eigenvalue weighted by Gasteiger charge is -2.39. The van der Waals surface area contributed by atoms with Gasteiger partial charge in [-0.15, -0.1) is 0 Å². The van der Waals surface area contributed by atoms with E-state index in [0.29, 0.717) is 10.6 Å². The summed E-state index contributed by atoms with van der Waals surface area (Å²) in [5.41, 5.74) is 1.07. The maximum absolute atomic E-state index is 15.9. The lowest BCUT2D eigenvalue weighted by molar-refractivity contribution is -0.0681. The van der Waals surface area contributed by atoms with E-state index in [-0.39, 0.29) is 18.4 Å². The predicted octanol–water partition coefficient (Wildman–Crippen LogP) is 4.16. The molecular weight excluding hydrogens is 367 g/mol. The summed E-state index contributed by atoms with van der Waals surface area (Å²) in [6.07, 6.45) is -2.36. The van der Waals surface area contributed by atoms with Crippen molar-refractivity contribution in [2.24, 2.45) is 0 Å². The Labute approximate surface area is 164 Å². The number of hydrazine groups is 1. The Balaban J connectivity index is 2.39. The number of fused-ring (bicyclic) bond motifs is 1. The fourth-order valence-corrected chi connectivity index (χ4v) is 2.77. The smallest absolute Gasteiger partial charge is 0.432 e. The Bertz CT molecular complexity index is 782. The molecule has 0 saturated carbocycles. The molecule has 154 valence electrons. The molecule has 28 heavy (non-hydrogen) atoms. The van der Waals surface area contributed by atoms with Crippen LogP contribution in [0.3, 0.4) is 0 Å². The summed E-state index contributed by atoms with van der Waals surface area (Å²) in [7, 11) is 0. The average Bonchev–Trinajstić information content (AvgIpc) is 2.53. The van der Waals surface area contributed by atoms with Crippen molar-refractivity contribution >= 4 is 18.0 Å². The Kier molecular flexibility index (Phi) is 5.73. The molecule has 2 rings (SSSR count). The highest BCUT2D eigenvalue weighted by Crippen LogP contribution is 2.35. The van der Waals surface area contributed by atoms with E-state index < -0.39 is 35.0 Å². The SMILES string of the molecule is CC(C)(C)OC(=O)NN(C(=O)OC(C)(C)C)[C@]1(F)CCc2ccccc2C1=O. The van der Waals surface area contributed by atoms with E-state index >= 15 is 4.39 Å². The Morgan fingerprint density at radius 1 is 1.07 bits per heavy atom. The zero-order valence-corrected chi connectivity index (χ0v) is 17.1. The van der Waals surface area contributed by atoms with Gasteiger partial charge in [0, 0.05) is 12.0 Å². The molecule has 7 nitrogen and oxygen atoms in total. The highest BCUT2D eigenvalue weighted by molar-refractivity contribution is 6.05. The summed E-state index contributed by atoms with van der Waals surface area (Å²) in [5, 5.41) is 0.310. The van der Waals surface area contributed by atoms with Gasteiger partial charge in [0.1, 0.15) is 11.2 Å². The van der Waals surface area contributed by atoms with Gasteiger partial charge in [-0.1, -0.05) is 24.3 Å². The van der Waals surface area contributed by atoms with Crippen molar-refractivity contribution in [3.05, 3.63) is 35.4 Å². The molecular formula is C20H27FN2O5. The van der Waals surface area contributed by atoms with Crippen LogP contribution in [0.4, 0.5) is 14.0 Å². The van der Waals surface area contributed by atoms with Crippen LogP contribution in [-0.4, -0.2) is 40.0 Å². The van der Waals surface area contributed by atoms with E-state index in [2.05, 4.69) is 5.43 Å². The van der Waals surface area contributed by atoms with E-state index in [1.54, 1.807) is 59.7 Å². The van der Waals surface area contributed by atoms with E-state index in [1.807, 2.05) is 0 Å². The summed E-state index contributed by atoms with van der Waals surface area (Å²) in [6.45, 7) is 9.66. The quantitative estimate of drug-likeness (QED) is 0.571. The second-order valence-electron chi connectivity index (χ2n) is 8.68. The van der Waals surface area contributed by atoms with Gasteiger partial charge in [-0.25, -0.2) is 19.4 Å². The molecule has 1 aromatic rings. The number of ether oxygens (including phenoxy) is 2. The number of nitrogens with zero attached hydrogens (tertiary/aromatic N) is 1. The van der Waals surface area contributed by atoms with Gasteiger partial charge in [0.05, 0.1) is 0 Å². The molecule has 0 aromatic heterocycles. The van der Waals surface area contributed by atoms with Gasteiger partial charge >= 0.3 is 12.2 Å². The van der Waals surface area contributed by atoms with E-state index in [4.69, 9.17) is 9.47 Å². The lowest BCUT2D eigenvalue weighted by atomic mass is 9.85. The first-order valence-electron chi connectivity index (χ1n) is 9.07. The maximum Gasteiger partial charge on any atom is 0.432 e. The highest BCUT2D eigenvalue weighted by atomic mass is 19.1. The first-order chi connectivity index (χ1) is 12.7. The Morgan fingerprint density at radius 3 is 2.21 bits per heavy atom. The summed E-state index contributed by atoms with van der Waals surface area (Å²) in [4.78, 5) is 37.8. The number of benzene rings is 1. The van der Waals surface area contributed by atoms with Crippen LogP contribution in [0.2, 0.25) is 0 Å². The first-order valence-corrected chi connectivity index (χ1v) is 9.07. The van der Waals surface area contributed by atoms with Crippen LogP contribution >= 0.6 is 0 Å². The molecule has 0 unspecified atom stereocenters. The molecule has 1 atom stereocenters. The average molecular weight is 394 g/mol. The van der Waals surface area contributed by atoms with Gasteiger partial charge in [0.15, 0.2) is 0 Å². The second kappa shape index (κ2) is 7.41. The normalized spacial score (nSPS) is 19.5. The molecule has 1 aliphatic carbocycles. The molecule has 0 saturated heterocycles. The molecule has 1 aromatic carbocycles. The monoisotopic (exact) mass is 394 g/mol. The minimum Gasteiger partial charge on any atom is -0.443 e. The summed E-state index contributed by atoms with van der Waals surface area (Å²) in [6, 6.07) is 6.58. The van der Waals surface area contributed by atoms with Crippen LogP contribution in [0.15, 0.2) is 24.3 Å². The van der Waals surface area contributed by atoms with Crippen molar-refractivity contribution in [3.63, 3.8) is 0 Å². The van der Waals surface area contributed by atoms with Crippen molar-refractivity contribution in [3.8, 4) is 0 Å². The number of hydrogen-bond donors (Lipinski definition) is 1.